The fourth-order valence-electron chi connectivity index (χ4n) is 3.39. The zero-order chi connectivity index (χ0) is 21.6. The maximum Gasteiger partial charge on any atom is 0.243 e. The van der Waals surface area contributed by atoms with Gasteiger partial charge in [0, 0.05) is 12.1 Å². The molecular weight excluding hydrogens is 390 g/mol. The summed E-state index contributed by atoms with van der Waals surface area (Å²) in [6.07, 6.45) is 4.86. The molecule has 0 aliphatic heterocycles. The van der Waals surface area contributed by atoms with Crippen LogP contribution in [0.15, 0.2) is 82.3 Å². The quantitative estimate of drug-likeness (QED) is 0.459. The third kappa shape index (κ3) is 5.72. The van der Waals surface area contributed by atoms with Crippen molar-refractivity contribution in [2.75, 3.05) is 13.1 Å². The van der Waals surface area contributed by atoms with Crippen molar-refractivity contribution in [1.29, 1.82) is 0 Å². The molecule has 3 rings (SSSR count). The Morgan fingerprint density at radius 2 is 1.63 bits per heavy atom. The number of hydrogen-bond acceptors (Lipinski definition) is 2. The van der Waals surface area contributed by atoms with Gasteiger partial charge in [0.1, 0.15) is 0 Å². The summed E-state index contributed by atoms with van der Waals surface area (Å²) in [7, 11) is -3.61. The zero-order valence-electron chi connectivity index (χ0n) is 18.0. The van der Waals surface area contributed by atoms with Gasteiger partial charge in [0.25, 0.3) is 0 Å². The van der Waals surface area contributed by atoms with E-state index in [4.69, 9.17) is 0 Å². The number of nitrogens with zero attached hydrogens (tertiary/aromatic N) is 1. The minimum atomic E-state index is -3.61. The molecule has 0 aromatic heterocycles. The second-order valence-electron chi connectivity index (χ2n) is 7.87. The van der Waals surface area contributed by atoms with E-state index in [1.165, 1.54) is 21.0 Å². The van der Waals surface area contributed by atoms with E-state index in [1.807, 2.05) is 49.4 Å². The van der Waals surface area contributed by atoms with Gasteiger partial charge >= 0.3 is 0 Å². The third-order valence-electron chi connectivity index (χ3n) is 5.52. The number of sulfonamides is 1. The van der Waals surface area contributed by atoms with Gasteiger partial charge in [-0.1, -0.05) is 70.5 Å². The molecule has 0 fully saturated rings. The number of allylic oxidation sites excluding steroid dienone is 3. The molecule has 0 saturated heterocycles. The Kier molecular flexibility index (Phi) is 7.31. The van der Waals surface area contributed by atoms with Crippen LogP contribution in [0.4, 0.5) is 0 Å². The highest BCUT2D eigenvalue weighted by Gasteiger charge is 2.24. The summed E-state index contributed by atoms with van der Waals surface area (Å²) < 4.78 is 28.1. The molecule has 0 atom stereocenters. The Morgan fingerprint density at radius 3 is 2.30 bits per heavy atom. The molecule has 0 radical (unpaired) electrons. The Morgan fingerprint density at radius 1 is 0.933 bits per heavy atom. The third-order valence-corrected chi connectivity index (χ3v) is 7.38. The lowest BCUT2D eigenvalue weighted by Crippen LogP contribution is -2.33. The highest BCUT2D eigenvalue weighted by molar-refractivity contribution is 7.89. The molecule has 0 bridgehead atoms. The topological polar surface area (TPSA) is 37.4 Å². The first-order chi connectivity index (χ1) is 14.4. The van der Waals surface area contributed by atoms with E-state index in [9.17, 15) is 8.42 Å². The minimum Gasteiger partial charge on any atom is -0.207 e. The van der Waals surface area contributed by atoms with Crippen LogP contribution < -0.4 is 0 Å². The molecule has 0 heterocycles. The van der Waals surface area contributed by atoms with Crippen LogP contribution in [-0.2, 0) is 10.0 Å². The monoisotopic (exact) mass is 419 g/mol. The van der Waals surface area contributed by atoms with Crippen molar-refractivity contribution in [3.05, 3.63) is 88.5 Å². The van der Waals surface area contributed by atoms with Gasteiger partial charge in [-0.2, -0.15) is 4.31 Å². The van der Waals surface area contributed by atoms with E-state index in [-0.39, 0.29) is 6.54 Å². The van der Waals surface area contributed by atoms with Crippen LogP contribution in [0.3, 0.4) is 0 Å². The summed E-state index contributed by atoms with van der Waals surface area (Å²) in [5, 5.41) is 0. The first-order valence-electron chi connectivity index (χ1n) is 10.3. The molecule has 30 heavy (non-hydrogen) atoms. The van der Waals surface area contributed by atoms with Gasteiger partial charge in [-0.25, -0.2) is 8.42 Å². The van der Waals surface area contributed by atoms with Gasteiger partial charge in [-0.15, -0.1) is 0 Å². The molecule has 0 spiro atoms. The molecule has 2 aromatic carbocycles. The molecule has 156 valence electrons. The van der Waals surface area contributed by atoms with Crippen LogP contribution in [0.5, 0.6) is 0 Å². The first kappa shape index (κ1) is 22.1. The van der Waals surface area contributed by atoms with Crippen molar-refractivity contribution in [3.8, 4) is 11.8 Å². The maximum atomic E-state index is 13.3. The predicted octanol–water partition coefficient (Wildman–Crippen LogP) is 5.48. The second-order valence-corrected chi connectivity index (χ2v) is 9.81. The minimum absolute atomic E-state index is 0.173. The highest BCUT2D eigenvalue weighted by atomic mass is 32.2. The standard InChI is InChI=1S/C26H29NO2S/c1-21-11-15-26(16-12-21)30(28,29)27(18-7-10-24-8-5-4-6-9-24)19-17-25-14-13-22(2)23(3)20-25/h4-6,8-9,11-12,14-16H,13,17-20H2,1-3H3. The van der Waals surface area contributed by atoms with Gasteiger partial charge < -0.3 is 0 Å². The summed E-state index contributed by atoms with van der Waals surface area (Å²) in [5.74, 6) is 6.14. The smallest absolute Gasteiger partial charge is 0.207 e. The van der Waals surface area contributed by atoms with Crippen LogP contribution in [-0.4, -0.2) is 25.8 Å². The van der Waals surface area contributed by atoms with E-state index < -0.39 is 10.0 Å². The van der Waals surface area contributed by atoms with Crippen molar-refractivity contribution in [3.63, 3.8) is 0 Å². The first-order valence-corrected chi connectivity index (χ1v) is 11.7. The molecule has 3 nitrogen and oxygen atoms in total. The Balaban J connectivity index is 1.79. The van der Waals surface area contributed by atoms with Gasteiger partial charge in [0.15, 0.2) is 0 Å². The van der Waals surface area contributed by atoms with E-state index >= 15 is 0 Å². The maximum absolute atomic E-state index is 13.3. The van der Waals surface area contributed by atoms with Crippen molar-refractivity contribution < 1.29 is 8.42 Å². The molecule has 1 aliphatic rings. The normalized spacial score (nSPS) is 14.3. The largest absolute Gasteiger partial charge is 0.243 e. The molecule has 2 aromatic rings. The van der Waals surface area contributed by atoms with Crippen LogP contribution in [0.2, 0.25) is 0 Å². The molecule has 4 heteroatoms. The summed E-state index contributed by atoms with van der Waals surface area (Å²) >= 11 is 0. The second kappa shape index (κ2) is 9.93. The van der Waals surface area contributed by atoms with Crippen LogP contribution >= 0.6 is 0 Å². The van der Waals surface area contributed by atoms with Crippen molar-refractivity contribution in [2.24, 2.45) is 0 Å². The van der Waals surface area contributed by atoms with E-state index in [1.54, 1.807) is 12.1 Å². The Hall–Kier alpha value is -2.61. The molecule has 0 N–H and O–H groups in total. The number of benzene rings is 2. The summed E-state index contributed by atoms with van der Waals surface area (Å²) in [6.45, 7) is 6.88. The summed E-state index contributed by atoms with van der Waals surface area (Å²) in [5.41, 5.74) is 6.03. The lowest BCUT2D eigenvalue weighted by Gasteiger charge is -2.22. The SMILES string of the molecule is CC1=C(C)CC(CCN(CC#Cc2ccccc2)S(=O)(=O)c2ccc(C)cc2)=CC1. The fraction of sp³-hybridized carbons (Fsp3) is 0.308. The number of rotatable bonds is 6. The Bertz CT molecular complexity index is 1100. The molecule has 0 unspecified atom stereocenters. The van der Waals surface area contributed by atoms with E-state index in [2.05, 4.69) is 31.8 Å². The predicted molar refractivity (Wildman–Crippen MR) is 124 cm³/mol. The van der Waals surface area contributed by atoms with E-state index in [0.29, 0.717) is 11.4 Å². The van der Waals surface area contributed by atoms with Gasteiger partial charge in [0.05, 0.1) is 11.4 Å². The fourth-order valence-corrected chi connectivity index (χ4v) is 4.73. The van der Waals surface area contributed by atoms with E-state index in [0.717, 1.165) is 30.4 Å². The number of aryl methyl sites for hydroxylation is 1. The van der Waals surface area contributed by atoms with Gasteiger partial charge in [0.2, 0.25) is 10.0 Å². The average Bonchev–Trinajstić information content (AvgIpc) is 2.74. The van der Waals surface area contributed by atoms with Crippen LogP contribution in [0, 0.1) is 18.8 Å². The average molecular weight is 420 g/mol. The van der Waals surface area contributed by atoms with Crippen LogP contribution in [0.25, 0.3) is 0 Å². The van der Waals surface area contributed by atoms with Crippen molar-refractivity contribution in [1.82, 2.24) is 4.31 Å². The van der Waals surface area contributed by atoms with Crippen molar-refractivity contribution >= 4 is 10.0 Å². The van der Waals surface area contributed by atoms with Gasteiger partial charge in [-0.3, -0.25) is 0 Å². The van der Waals surface area contributed by atoms with Gasteiger partial charge in [-0.05, 0) is 64.3 Å². The molecule has 1 aliphatic carbocycles. The number of hydrogen-bond donors (Lipinski definition) is 0. The zero-order valence-corrected chi connectivity index (χ0v) is 18.8. The van der Waals surface area contributed by atoms with Crippen LogP contribution in [0.1, 0.15) is 44.2 Å². The summed E-state index contributed by atoms with van der Waals surface area (Å²) in [6, 6.07) is 16.7. The summed E-state index contributed by atoms with van der Waals surface area (Å²) in [4.78, 5) is 0.319. The lowest BCUT2D eigenvalue weighted by atomic mass is 9.92. The highest BCUT2D eigenvalue weighted by Crippen LogP contribution is 2.26. The molecular formula is C26H29NO2S. The van der Waals surface area contributed by atoms with Crippen molar-refractivity contribution in [2.45, 2.75) is 44.9 Å². The molecule has 0 saturated carbocycles. The lowest BCUT2D eigenvalue weighted by molar-refractivity contribution is 0.447. The Labute approximate surface area is 181 Å². The molecule has 0 amide bonds.